The van der Waals surface area contributed by atoms with Gasteiger partial charge < -0.3 is 9.72 Å². The highest BCUT2D eigenvalue weighted by molar-refractivity contribution is 7.71. The highest BCUT2D eigenvalue weighted by atomic mass is 32.1. The molecule has 0 unspecified atom stereocenters. The van der Waals surface area contributed by atoms with Gasteiger partial charge in [0.15, 0.2) is 0 Å². The van der Waals surface area contributed by atoms with E-state index in [1.165, 1.54) is 0 Å². The summed E-state index contributed by atoms with van der Waals surface area (Å²) in [5.74, 6) is 1.25. The molecule has 0 atom stereocenters. The molecule has 0 aromatic carbocycles. The summed E-state index contributed by atoms with van der Waals surface area (Å²) in [7, 11) is 0. The van der Waals surface area contributed by atoms with Crippen molar-refractivity contribution in [3.05, 3.63) is 21.7 Å². The van der Waals surface area contributed by atoms with Gasteiger partial charge in [0.2, 0.25) is 0 Å². The second kappa shape index (κ2) is 6.62. The van der Waals surface area contributed by atoms with Crippen LogP contribution in [0.15, 0.2) is 0 Å². The Labute approximate surface area is 121 Å². The van der Waals surface area contributed by atoms with Crippen molar-refractivity contribution in [1.29, 1.82) is 0 Å². The van der Waals surface area contributed by atoms with E-state index in [2.05, 4.69) is 44.6 Å². The molecule has 0 saturated carbocycles. The van der Waals surface area contributed by atoms with Gasteiger partial charge in [-0.15, -0.1) is 0 Å². The molecule has 1 heterocycles. The van der Waals surface area contributed by atoms with E-state index in [9.17, 15) is 0 Å². The molecular weight excluding hydrogens is 256 g/mol. The first-order chi connectivity index (χ1) is 8.91. The van der Waals surface area contributed by atoms with Crippen molar-refractivity contribution in [3.8, 4) is 0 Å². The van der Waals surface area contributed by atoms with E-state index >= 15 is 0 Å². The van der Waals surface area contributed by atoms with E-state index in [0.29, 0.717) is 17.2 Å². The average molecular weight is 282 g/mol. The SMILES string of the molecule is CCOC(CC)(CC)c1nc(=S)c(C(C)C)c(C)[nH]1. The van der Waals surface area contributed by atoms with Crippen molar-refractivity contribution in [2.75, 3.05) is 6.61 Å². The topological polar surface area (TPSA) is 37.9 Å². The summed E-state index contributed by atoms with van der Waals surface area (Å²) in [6.07, 6.45) is 1.77. The number of aryl methyl sites for hydroxylation is 1. The minimum absolute atomic E-state index is 0.345. The summed E-state index contributed by atoms with van der Waals surface area (Å²) in [6.45, 7) is 13.3. The Bertz CT molecular complexity index is 476. The number of aromatic amines is 1. The number of nitrogens with one attached hydrogen (secondary N) is 1. The van der Waals surface area contributed by atoms with Crippen LogP contribution in [0.25, 0.3) is 0 Å². The van der Waals surface area contributed by atoms with Gasteiger partial charge in [-0.05, 0) is 32.6 Å². The standard InChI is InChI=1S/C15H26N2OS/c1-7-15(8-2,18-9-3)14-16-11(6)12(10(4)5)13(19)17-14/h10H,7-9H2,1-6H3,(H,16,17,19). The van der Waals surface area contributed by atoms with Crippen molar-refractivity contribution < 1.29 is 4.74 Å². The molecule has 108 valence electrons. The number of ether oxygens (including phenoxy) is 1. The van der Waals surface area contributed by atoms with Crippen LogP contribution in [0.3, 0.4) is 0 Å². The molecule has 3 nitrogen and oxygen atoms in total. The average Bonchev–Trinajstić information content (AvgIpc) is 2.34. The minimum atomic E-state index is -0.345. The molecule has 0 saturated heterocycles. The highest BCUT2D eigenvalue weighted by Crippen LogP contribution is 2.32. The van der Waals surface area contributed by atoms with E-state index in [4.69, 9.17) is 17.0 Å². The maximum Gasteiger partial charge on any atom is 0.140 e. The van der Waals surface area contributed by atoms with E-state index in [0.717, 1.165) is 29.9 Å². The molecule has 0 aliphatic rings. The Morgan fingerprint density at radius 3 is 2.21 bits per heavy atom. The molecule has 0 aliphatic carbocycles. The first-order valence-electron chi connectivity index (χ1n) is 7.17. The second-order valence-electron chi connectivity index (χ2n) is 5.22. The third kappa shape index (κ3) is 3.23. The normalized spacial score (nSPS) is 12.2. The summed E-state index contributed by atoms with van der Waals surface area (Å²) in [5.41, 5.74) is 1.90. The molecule has 0 amide bonds. The van der Waals surface area contributed by atoms with E-state index < -0.39 is 0 Å². The number of rotatable bonds is 6. The Hall–Kier alpha value is -0.740. The van der Waals surface area contributed by atoms with Gasteiger partial charge in [0.25, 0.3) is 0 Å². The van der Waals surface area contributed by atoms with Gasteiger partial charge in [0.1, 0.15) is 16.1 Å². The molecule has 0 bridgehead atoms. The van der Waals surface area contributed by atoms with E-state index in [1.54, 1.807) is 0 Å². The third-order valence-corrected chi connectivity index (χ3v) is 4.04. The van der Waals surface area contributed by atoms with Crippen LogP contribution in [0.1, 0.15) is 70.5 Å². The molecule has 19 heavy (non-hydrogen) atoms. The molecular formula is C15H26N2OS. The van der Waals surface area contributed by atoms with Crippen molar-refractivity contribution in [3.63, 3.8) is 0 Å². The minimum Gasteiger partial charge on any atom is -0.367 e. The van der Waals surface area contributed by atoms with Crippen LogP contribution in [0.5, 0.6) is 0 Å². The van der Waals surface area contributed by atoms with Crippen molar-refractivity contribution >= 4 is 12.2 Å². The van der Waals surface area contributed by atoms with Crippen molar-refractivity contribution in [1.82, 2.24) is 9.97 Å². The number of nitrogens with zero attached hydrogens (tertiary/aromatic N) is 1. The van der Waals surface area contributed by atoms with Gasteiger partial charge in [-0.2, -0.15) is 0 Å². The molecule has 1 N–H and O–H groups in total. The van der Waals surface area contributed by atoms with Crippen LogP contribution in [0, 0.1) is 11.6 Å². The van der Waals surface area contributed by atoms with Crippen LogP contribution >= 0.6 is 12.2 Å². The largest absolute Gasteiger partial charge is 0.367 e. The van der Waals surface area contributed by atoms with Crippen LogP contribution in [0.2, 0.25) is 0 Å². The molecule has 1 aromatic rings. The Kier molecular flexibility index (Phi) is 5.68. The number of hydrogen-bond acceptors (Lipinski definition) is 3. The molecule has 1 aromatic heterocycles. The summed E-state index contributed by atoms with van der Waals surface area (Å²) < 4.78 is 6.69. The predicted molar refractivity (Wildman–Crippen MR) is 82.1 cm³/mol. The molecule has 0 fully saturated rings. The second-order valence-corrected chi connectivity index (χ2v) is 5.61. The van der Waals surface area contributed by atoms with Crippen LogP contribution < -0.4 is 0 Å². The predicted octanol–water partition coefficient (Wildman–Crippen LogP) is 4.62. The van der Waals surface area contributed by atoms with Gasteiger partial charge >= 0.3 is 0 Å². The van der Waals surface area contributed by atoms with Gasteiger partial charge in [-0.3, -0.25) is 0 Å². The highest BCUT2D eigenvalue weighted by Gasteiger charge is 2.32. The first kappa shape index (κ1) is 16.3. The summed E-state index contributed by atoms with van der Waals surface area (Å²) in [4.78, 5) is 8.05. The fourth-order valence-corrected chi connectivity index (χ4v) is 3.10. The number of aromatic nitrogens is 2. The zero-order valence-corrected chi connectivity index (χ0v) is 13.8. The van der Waals surface area contributed by atoms with Crippen molar-refractivity contribution in [2.24, 2.45) is 0 Å². The zero-order chi connectivity index (χ0) is 14.6. The first-order valence-corrected chi connectivity index (χ1v) is 7.57. The lowest BCUT2D eigenvalue weighted by molar-refractivity contribution is -0.0573. The molecule has 0 spiro atoms. The summed E-state index contributed by atoms with van der Waals surface area (Å²) in [5, 5.41) is 0. The zero-order valence-electron chi connectivity index (χ0n) is 13.0. The molecule has 0 radical (unpaired) electrons. The summed E-state index contributed by atoms with van der Waals surface area (Å²) in [6, 6.07) is 0. The Balaban J connectivity index is 3.39. The lowest BCUT2D eigenvalue weighted by Crippen LogP contribution is -2.31. The van der Waals surface area contributed by atoms with Gasteiger partial charge in [-0.25, -0.2) is 4.98 Å². The fourth-order valence-electron chi connectivity index (χ4n) is 2.62. The van der Waals surface area contributed by atoms with Crippen LogP contribution in [-0.4, -0.2) is 16.6 Å². The van der Waals surface area contributed by atoms with Crippen LogP contribution in [-0.2, 0) is 10.3 Å². The monoisotopic (exact) mass is 282 g/mol. The van der Waals surface area contributed by atoms with Gasteiger partial charge in [0, 0.05) is 17.9 Å². The Morgan fingerprint density at radius 2 is 1.84 bits per heavy atom. The molecule has 4 heteroatoms. The lowest BCUT2D eigenvalue weighted by atomic mass is 9.95. The van der Waals surface area contributed by atoms with Crippen LogP contribution in [0.4, 0.5) is 0 Å². The number of hydrogen-bond donors (Lipinski definition) is 1. The van der Waals surface area contributed by atoms with E-state index in [1.807, 2.05) is 6.92 Å². The quantitative estimate of drug-likeness (QED) is 0.773. The molecule has 0 aliphatic heterocycles. The fraction of sp³-hybridized carbons (Fsp3) is 0.733. The Morgan fingerprint density at radius 1 is 1.26 bits per heavy atom. The molecule has 1 rings (SSSR count). The summed E-state index contributed by atoms with van der Waals surface area (Å²) >= 11 is 5.47. The smallest absolute Gasteiger partial charge is 0.140 e. The lowest BCUT2D eigenvalue weighted by Gasteiger charge is -2.31. The maximum absolute atomic E-state index is 5.98. The van der Waals surface area contributed by atoms with Crippen molar-refractivity contribution in [2.45, 2.75) is 65.9 Å². The van der Waals surface area contributed by atoms with Gasteiger partial charge in [-0.1, -0.05) is 39.9 Å². The third-order valence-electron chi connectivity index (χ3n) is 3.73. The van der Waals surface area contributed by atoms with E-state index in [-0.39, 0.29) is 5.60 Å². The van der Waals surface area contributed by atoms with Gasteiger partial charge in [0.05, 0.1) is 0 Å². The number of H-pyrrole nitrogens is 1. The maximum atomic E-state index is 5.98.